The van der Waals surface area contributed by atoms with Crippen LogP contribution in [0.4, 0.5) is 5.95 Å². The average molecular weight is 446 g/mol. The van der Waals surface area contributed by atoms with Crippen LogP contribution in [0.2, 0.25) is 0 Å². The third-order valence-corrected chi connectivity index (χ3v) is 5.84. The van der Waals surface area contributed by atoms with Crippen LogP contribution in [-0.2, 0) is 16.4 Å². The lowest BCUT2D eigenvalue weighted by Crippen LogP contribution is -2.04. The Labute approximate surface area is 183 Å². The molecule has 10 heteroatoms. The Hall–Kier alpha value is -4.05. The highest BCUT2D eigenvalue weighted by atomic mass is 32.2. The van der Waals surface area contributed by atoms with Gasteiger partial charge in [-0.2, -0.15) is 0 Å². The Morgan fingerprint density at radius 1 is 0.969 bits per heavy atom. The molecule has 0 aliphatic heterocycles. The van der Waals surface area contributed by atoms with Crippen molar-refractivity contribution < 1.29 is 13.2 Å². The summed E-state index contributed by atoms with van der Waals surface area (Å²) in [7, 11) is -3.60. The number of fused-ring (bicyclic) bond motifs is 3. The largest absolute Gasteiger partial charge is 0.488 e. The quantitative estimate of drug-likeness (QED) is 0.409. The standard InChI is InChI=1S/C22H18N6O3S/c1-32(29,30)22-26-10-7-15(27-22)18-16-8-11-25-21(23)28(16)20-19(18)17(9-12-24-20)31-13-14-5-3-2-4-6-14/h2-12H,13H2,1H3,(H2,23,25). The zero-order chi connectivity index (χ0) is 22.3. The second kappa shape index (κ2) is 7.57. The molecule has 0 saturated heterocycles. The predicted molar refractivity (Wildman–Crippen MR) is 120 cm³/mol. The van der Waals surface area contributed by atoms with E-state index in [2.05, 4.69) is 19.9 Å². The summed E-state index contributed by atoms with van der Waals surface area (Å²) in [6.07, 6.45) is 5.70. The predicted octanol–water partition coefficient (Wildman–Crippen LogP) is 2.90. The van der Waals surface area contributed by atoms with Gasteiger partial charge in [-0.05, 0) is 23.8 Å². The van der Waals surface area contributed by atoms with Crippen molar-refractivity contribution in [2.24, 2.45) is 0 Å². The molecule has 0 radical (unpaired) electrons. The highest BCUT2D eigenvalue weighted by molar-refractivity contribution is 7.90. The Bertz CT molecular complexity index is 1570. The van der Waals surface area contributed by atoms with Crippen LogP contribution in [0.1, 0.15) is 5.56 Å². The van der Waals surface area contributed by atoms with Crippen molar-refractivity contribution in [1.29, 1.82) is 0 Å². The molecule has 4 aromatic heterocycles. The minimum Gasteiger partial charge on any atom is -0.488 e. The first-order valence-electron chi connectivity index (χ1n) is 9.67. The minimum atomic E-state index is -3.60. The highest BCUT2D eigenvalue weighted by Crippen LogP contribution is 2.39. The Balaban J connectivity index is 1.78. The molecule has 0 unspecified atom stereocenters. The van der Waals surface area contributed by atoms with E-state index in [4.69, 9.17) is 10.5 Å². The van der Waals surface area contributed by atoms with Gasteiger partial charge in [0.2, 0.25) is 20.9 Å². The highest BCUT2D eigenvalue weighted by Gasteiger charge is 2.22. The van der Waals surface area contributed by atoms with Crippen molar-refractivity contribution in [3.05, 3.63) is 72.7 Å². The first-order valence-corrected chi connectivity index (χ1v) is 11.6. The lowest BCUT2D eigenvalue weighted by molar-refractivity contribution is 0.310. The fourth-order valence-electron chi connectivity index (χ4n) is 3.60. The fourth-order valence-corrected chi connectivity index (χ4v) is 4.11. The molecule has 1 aromatic carbocycles. The van der Waals surface area contributed by atoms with Gasteiger partial charge in [0.05, 0.1) is 16.6 Å². The molecule has 5 aromatic rings. The number of ether oxygens (including phenoxy) is 1. The van der Waals surface area contributed by atoms with Crippen molar-refractivity contribution in [2.75, 3.05) is 12.0 Å². The Morgan fingerprint density at radius 3 is 2.50 bits per heavy atom. The summed E-state index contributed by atoms with van der Waals surface area (Å²) in [6.45, 7) is 0.345. The molecule has 0 aliphatic carbocycles. The molecule has 0 saturated carbocycles. The molecule has 160 valence electrons. The maximum absolute atomic E-state index is 12.1. The molecule has 0 atom stereocenters. The second-order valence-electron chi connectivity index (χ2n) is 7.18. The minimum absolute atomic E-state index is 0.240. The Kier molecular flexibility index (Phi) is 4.71. The SMILES string of the molecule is CS(=O)(=O)c1nccc(-c2c3c(OCc4ccccc4)ccnc3n3c(N)nccc23)n1. The number of rotatable bonds is 5. The van der Waals surface area contributed by atoms with Crippen LogP contribution in [0.25, 0.3) is 27.8 Å². The zero-order valence-electron chi connectivity index (χ0n) is 17.0. The maximum atomic E-state index is 12.1. The van der Waals surface area contributed by atoms with E-state index in [0.29, 0.717) is 40.2 Å². The van der Waals surface area contributed by atoms with Crippen molar-refractivity contribution in [1.82, 2.24) is 24.3 Å². The number of hydrogen-bond donors (Lipinski definition) is 1. The number of nitrogens with zero attached hydrogens (tertiary/aromatic N) is 5. The van der Waals surface area contributed by atoms with Gasteiger partial charge >= 0.3 is 0 Å². The molecule has 2 N–H and O–H groups in total. The van der Waals surface area contributed by atoms with Gasteiger partial charge in [-0.1, -0.05) is 30.3 Å². The van der Waals surface area contributed by atoms with Crippen LogP contribution in [-0.4, -0.2) is 39.0 Å². The summed E-state index contributed by atoms with van der Waals surface area (Å²) in [6, 6.07) is 15.0. The smallest absolute Gasteiger partial charge is 0.247 e. The first kappa shape index (κ1) is 19.9. The fraction of sp³-hybridized carbons (Fsp3) is 0.0909. The molecule has 0 spiro atoms. The molecule has 32 heavy (non-hydrogen) atoms. The number of sulfone groups is 1. The molecule has 4 heterocycles. The topological polar surface area (TPSA) is 125 Å². The number of aromatic nitrogens is 5. The lowest BCUT2D eigenvalue weighted by Gasteiger charge is -2.09. The van der Waals surface area contributed by atoms with Crippen LogP contribution in [0.3, 0.4) is 0 Å². The van der Waals surface area contributed by atoms with Gasteiger partial charge in [0, 0.05) is 30.4 Å². The van der Waals surface area contributed by atoms with Crippen molar-refractivity contribution in [3.8, 4) is 17.0 Å². The number of benzene rings is 1. The third-order valence-electron chi connectivity index (χ3n) is 4.98. The summed E-state index contributed by atoms with van der Waals surface area (Å²) in [4.78, 5) is 16.9. The lowest BCUT2D eigenvalue weighted by atomic mass is 10.1. The van der Waals surface area contributed by atoms with Gasteiger partial charge in [0.25, 0.3) is 0 Å². The van der Waals surface area contributed by atoms with Gasteiger partial charge in [0.1, 0.15) is 12.4 Å². The first-order chi connectivity index (χ1) is 15.4. The average Bonchev–Trinajstić information content (AvgIpc) is 3.14. The third kappa shape index (κ3) is 3.40. The summed E-state index contributed by atoms with van der Waals surface area (Å²) in [5.41, 5.74) is 9.43. The van der Waals surface area contributed by atoms with Gasteiger partial charge in [0.15, 0.2) is 5.65 Å². The van der Waals surface area contributed by atoms with Crippen molar-refractivity contribution in [2.45, 2.75) is 11.8 Å². The molecular formula is C22H18N6O3S. The van der Waals surface area contributed by atoms with Crippen LogP contribution in [0, 0.1) is 0 Å². The monoisotopic (exact) mass is 446 g/mol. The normalized spacial score (nSPS) is 11.8. The van der Waals surface area contributed by atoms with Crippen molar-refractivity contribution in [3.63, 3.8) is 0 Å². The van der Waals surface area contributed by atoms with Gasteiger partial charge in [-0.3, -0.25) is 4.40 Å². The summed E-state index contributed by atoms with van der Waals surface area (Å²) >= 11 is 0. The summed E-state index contributed by atoms with van der Waals surface area (Å²) in [5, 5.41) is 0.390. The number of hydrogen-bond acceptors (Lipinski definition) is 8. The molecule has 9 nitrogen and oxygen atoms in total. The summed E-state index contributed by atoms with van der Waals surface area (Å²) < 4.78 is 32.0. The molecule has 0 fully saturated rings. The van der Waals surface area contributed by atoms with E-state index in [-0.39, 0.29) is 11.1 Å². The molecular weight excluding hydrogens is 428 g/mol. The number of anilines is 1. The van der Waals surface area contributed by atoms with Crippen LogP contribution < -0.4 is 10.5 Å². The van der Waals surface area contributed by atoms with Gasteiger partial charge in [-0.15, -0.1) is 0 Å². The molecule has 0 amide bonds. The van der Waals surface area contributed by atoms with Crippen molar-refractivity contribution >= 4 is 32.3 Å². The number of nitrogen functional groups attached to an aromatic ring is 1. The van der Waals surface area contributed by atoms with E-state index in [1.807, 2.05) is 30.3 Å². The number of pyridine rings is 1. The van der Waals surface area contributed by atoms with Crippen LogP contribution >= 0.6 is 0 Å². The summed E-state index contributed by atoms with van der Waals surface area (Å²) in [5.74, 6) is 0.806. The number of nitrogens with two attached hydrogens (primary N) is 1. The van der Waals surface area contributed by atoms with Gasteiger partial charge in [-0.25, -0.2) is 28.4 Å². The molecule has 0 aliphatic rings. The van der Waals surface area contributed by atoms with Crippen LogP contribution in [0.5, 0.6) is 5.75 Å². The Morgan fingerprint density at radius 2 is 1.72 bits per heavy atom. The second-order valence-corrected chi connectivity index (χ2v) is 9.09. The van der Waals surface area contributed by atoms with Crippen LogP contribution in [0.15, 0.2) is 72.3 Å². The molecule has 0 bridgehead atoms. The maximum Gasteiger partial charge on any atom is 0.247 e. The van der Waals surface area contributed by atoms with E-state index in [1.165, 1.54) is 6.20 Å². The van der Waals surface area contributed by atoms with E-state index in [9.17, 15) is 8.42 Å². The van der Waals surface area contributed by atoms with E-state index < -0.39 is 9.84 Å². The van der Waals surface area contributed by atoms with E-state index in [1.54, 1.807) is 35.0 Å². The van der Waals surface area contributed by atoms with E-state index in [0.717, 1.165) is 11.8 Å². The molecule has 5 rings (SSSR count). The van der Waals surface area contributed by atoms with E-state index >= 15 is 0 Å². The van der Waals surface area contributed by atoms with Gasteiger partial charge < -0.3 is 10.5 Å². The zero-order valence-corrected chi connectivity index (χ0v) is 17.8.